The normalized spacial score (nSPS) is 15.2. The molecule has 4 rings (SSSR count). The number of nitrogens with zero attached hydrogens (tertiary/aromatic N) is 3. The molecule has 1 saturated heterocycles. The Morgan fingerprint density at radius 1 is 0.935 bits per heavy atom. The Balaban J connectivity index is 1.53. The molecule has 2 aromatic carbocycles. The fraction of sp³-hybridized carbons (Fsp3) is 0.273. The van der Waals surface area contributed by atoms with Crippen LogP contribution in [-0.2, 0) is 6.18 Å². The van der Waals surface area contributed by atoms with Crippen molar-refractivity contribution in [1.29, 1.82) is 0 Å². The third-order valence-corrected chi connectivity index (χ3v) is 5.26. The summed E-state index contributed by atoms with van der Waals surface area (Å²) in [6, 6.07) is 7.96. The molecule has 9 heteroatoms. The van der Waals surface area contributed by atoms with Gasteiger partial charge in [-0.3, -0.25) is 0 Å². The molecule has 1 aliphatic rings. The summed E-state index contributed by atoms with van der Waals surface area (Å²) >= 11 is 0. The van der Waals surface area contributed by atoms with E-state index in [1.807, 2.05) is 4.90 Å². The summed E-state index contributed by atoms with van der Waals surface area (Å²) in [5.41, 5.74) is -1.00. The average Bonchev–Trinajstić information content (AvgIpc) is 2.75. The minimum Gasteiger partial charge on any atom is -0.382 e. The highest BCUT2D eigenvalue weighted by atomic mass is 19.4. The molecule has 0 radical (unpaired) electrons. The molecule has 4 nitrogen and oxygen atoms in total. The highest BCUT2D eigenvalue weighted by molar-refractivity contribution is 5.70. The molecule has 1 aromatic heterocycles. The van der Waals surface area contributed by atoms with Crippen molar-refractivity contribution in [2.75, 3.05) is 23.3 Å². The Morgan fingerprint density at radius 2 is 1.65 bits per heavy atom. The lowest BCUT2D eigenvalue weighted by Gasteiger charge is -2.33. The lowest BCUT2D eigenvalue weighted by molar-refractivity contribution is -0.136. The van der Waals surface area contributed by atoms with Gasteiger partial charge < -0.3 is 10.2 Å². The van der Waals surface area contributed by atoms with Crippen LogP contribution in [0.1, 0.15) is 18.4 Å². The first-order valence-electron chi connectivity index (χ1n) is 9.76. The van der Waals surface area contributed by atoms with E-state index in [9.17, 15) is 22.0 Å². The lowest BCUT2D eigenvalue weighted by Crippen LogP contribution is -2.40. The Labute approximate surface area is 175 Å². The van der Waals surface area contributed by atoms with Crippen molar-refractivity contribution in [3.63, 3.8) is 0 Å². The first-order valence-corrected chi connectivity index (χ1v) is 9.76. The maximum absolute atomic E-state index is 14.1. The molecule has 0 saturated carbocycles. The van der Waals surface area contributed by atoms with Crippen LogP contribution in [0.25, 0.3) is 11.1 Å². The molecule has 0 aliphatic carbocycles. The van der Waals surface area contributed by atoms with Gasteiger partial charge in [0.15, 0.2) is 0 Å². The summed E-state index contributed by atoms with van der Waals surface area (Å²) < 4.78 is 68.4. The third-order valence-electron chi connectivity index (χ3n) is 5.26. The zero-order chi connectivity index (χ0) is 22.0. The Hall–Kier alpha value is -3.23. The molecule has 162 valence electrons. The standard InChI is InChI=1S/C22H19F5N4/c23-15-3-4-17(19(24)13-15)14-2-5-20(18(12-14)22(25,26)27)30-16-6-10-31(11-7-16)21-28-8-1-9-29-21/h1-5,8-9,12-13,16,30H,6-7,10-11H2. The van der Waals surface area contributed by atoms with Crippen molar-refractivity contribution in [2.45, 2.75) is 25.1 Å². The van der Waals surface area contributed by atoms with Gasteiger partial charge in [0, 0.05) is 48.8 Å². The minimum atomic E-state index is -4.63. The van der Waals surface area contributed by atoms with Crippen LogP contribution in [0.4, 0.5) is 33.6 Å². The van der Waals surface area contributed by atoms with Crippen LogP contribution in [-0.4, -0.2) is 29.1 Å². The molecular weight excluding hydrogens is 415 g/mol. The van der Waals surface area contributed by atoms with Crippen LogP contribution in [0.15, 0.2) is 54.9 Å². The summed E-state index contributed by atoms with van der Waals surface area (Å²) in [4.78, 5) is 10.4. The molecule has 0 atom stereocenters. The van der Waals surface area contributed by atoms with Crippen molar-refractivity contribution in [3.05, 3.63) is 72.1 Å². The van der Waals surface area contributed by atoms with E-state index in [1.165, 1.54) is 12.1 Å². The smallest absolute Gasteiger partial charge is 0.382 e. The minimum absolute atomic E-state index is 0.0337. The Kier molecular flexibility index (Phi) is 5.75. The lowest BCUT2D eigenvalue weighted by atomic mass is 9.99. The highest BCUT2D eigenvalue weighted by Gasteiger charge is 2.35. The van der Waals surface area contributed by atoms with Gasteiger partial charge in [-0.15, -0.1) is 0 Å². The third kappa shape index (κ3) is 4.76. The van der Waals surface area contributed by atoms with Gasteiger partial charge in [-0.05, 0) is 48.7 Å². The summed E-state index contributed by atoms with van der Waals surface area (Å²) in [6.45, 7) is 1.23. The van der Waals surface area contributed by atoms with E-state index in [4.69, 9.17) is 0 Å². The number of hydrogen-bond acceptors (Lipinski definition) is 4. The van der Waals surface area contributed by atoms with E-state index >= 15 is 0 Å². The predicted molar refractivity (Wildman–Crippen MR) is 108 cm³/mol. The largest absolute Gasteiger partial charge is 0.418 e. The summed E-state index contributed by atoms with van der Waals surface area (Å²) in [7, 11) is 0. The first kappa shape index (κ1) is 21.0. The van der Waals surface area contributed by atoms with Crippen LogP contribution >= 0.6 is 0 Å². The number of halogens is 5. The number of nitrogens with one attached hydrogen (secondary N) is 1. The number of benzene rings is 2. The van der Waals surface area contributed by atoms with Gasteiger partial charge >= 0.3 is 6.18 Å². The topological polar surface area (TPSA) is 41.0 Å². The second-order valence-electron chi connectivity index (χ2n) is 7.34. The quantitative estimate of drug-likeness (QED) is 0.549. The van der Waals surface area contributed by atoms with Gasteiger partial charge in [-0.25, -0.2) is 18.7 Å². The van der Waals surface area contributed by atoms with Crippen molar-refractivity contribution >= 4 is 11.6 Å². The van der Waals surface area contributed by atoms with Crippen LogP contribution in [0.3, 0.4) is 0 Å². The zero-order valence-corrected chi connectivity index (χ0v) is 16.3. The van der Waals surface area contributed by atoms with Gasteiger partial charge in [-0.1, -0.05) is 6.07 Å². The van der Waals surface area contributed by atoms with Crippen molar-refractivity contribution in [3.8, 4) is 11.1 Å². The van der Waals surface area contributed by atoms with E-state index in [1.54, 1.807) is 18.5 Å². The van der Waals surface area contributed by atoms with Gasteiger partial charge in [0.25, 0.3) is 0 Å². The van der Waals surface area contributed by atoms with E-state index in [0.29, 0.717) is 37.9 Å². The second-order valence-corrected chi connectivity index (χ2v) is 7.34. The predicted octanol–water partition coefficient (Wildman–Crippen LogP) is 5.52. The molecule has 0 amide bonds. The summed E-state index contributed by atoms with van der Waals surface area (Å²) in [5, 5.41) is 2.99. The fourth-order valence-electron chi connectivity index (χ4n) is 3.69. The zero-order valence-electron chi connectivity index (χ0n) is 16.3. The SMILES string of the molecule is Fc1ccc(-c2ccc(NC3CCN(c4ncccn4)CC3)c(C(F)(F)F)c2)c(F)c1. The second kappa shape index (κ2) is 8.49. The monoisotopic (exact) mass is 434 g/mol. The van der Waals surface area contributed by atoms with Crippen LogP contribution < -0.4 is 10.2 Å². The van der Waals surface area contributed by atoms with Crippen molar-refractivity contribution in [2.24, 2.45) is 0 Å². The van der Waals surface area contributed by atoms with Crippen LogP contribution in [0, 0.1) is 11.6 Å². The van der Waals surface area contributed by atoms with Crippen molar-refractivity contribution < 1.29 is 22.0 Å². The summed E-state index contributed by atoms with van der Waals surface area (Å²) in [6.07, 6.45) is -0.108. The molecule has 2 heterocycles. The molecule has 1 N–H and O–H groups in total. The average molecular weight is 434 g/mol. The number of piperidine rings is 1. The molecule has 3 aromatic rings. The molecule has 1 fully saturated rings. The maximum atomic E-state index is 14.1. The van der Waals surface area contributed by atoms with E-state index in [0.717, 1.165) is 18.2 Å². The van der Waals surface area contributed by atoms with Gasteiger partial charge in [0.2, 0.25) is 5.95 Å². The van der Waals surface area contributed by atoms with Crippen LogP contribution in [0.5, 0.6) is 0 Å². The number of rotatable bonds is 4. The molecule has 31 heavy (non-hydrogen) atoms. The molecule has 0 spiro atoms. The molecule has 0 unspecified atom stereocenters. The maximum Gasteiger partial charge on any atom is 0.418 e. The van der Waals surface area contributed by atoms with E-state index in [2.05, 4.69) is 15.3 Å². The molecule has 0 bridgehead atoms. The number of hydrogen-bond donors (Lipinski definition) is 1. The molecule has 1 aliphatic heterocycles. The molecular formula is C22H19F5N4. The number of alkyl halides is 3. The number of anilines is 2. The Morgan fingerprint density at radius 3 is 2.29 bits per heavy atom. The highest BCUT2D eigenvalue weighted by Crippen LogP contribution is 2.39. The van der Waals surface area contributed by atoms with E-state index in [-0.39, 0.29) is 22.9 Å². The Bertz CT molecular complexity index is 1050. The van der Waals surface area contributed by atoms with E-state index < -0.39 is 23.4 Å². The number of aromatic nitrogens is 2. The van der Waals surface area contributed by atoms with Gasteiger partial charge in [0.1, 0.15) is 11.6 Å². The van der Waals surface area contributed by atoms with Crippen molar-refractivity contribution in [1.82, 2.24) is 9.97 Å². The van der Waals surface area contributed by atoms with Gasteiger partial charge in [-0.2, -0.15) is 13.2 Å². The summed E-state index contributed by atoms with van der Waals surface area (Å²) in [5.74, 6) is -1.10. The van der Waals surface area contributed by atoms with Crippen LogP contribution in [0.2, 0.25) is 0 Å². The first-order chi connectivity index (χ1) is 14.8. The fourth-order valence-corrected chi connectivity index (χ4v) is 3.69. The van der Waals surface area contributed by atoms with Gasteiger partial charge in [0.05, 0.1) is 5.56 Å².